The lowest BCUT2D eigenvalue weighted by Crippen LogP contribution is -2.32. The Labute approximate surface area is 173 Å². The lowest BCUT2D eigenvalue weighted by Gasteiger charge is -2.14. The Kier molecular flexibility index (Phi) is 5.85. The molecule has 1 atom stereocenters. The van der Waals surface area contributed by atoms with Crippen LogP contribution in [0.4, 0.5) is 0 Å². The number of aromatic nitrogens is 2. The Bertz CT molecular complexity index is 1020. The van der Waals surface area contributed by atoms with Gasteiger partial charge in [0.2, 0.25) is 5.91 Å². The molecule has 6 nitrogen and oxygen atoms in total. The number of rotatable bonds is 6. The molecular weight excluding hydrogens is 386 g/mol. The number of hydrogen-bond acceptors (Lipinski definition) is 4. The number of nitrogens with zero attached hydrogens (tertiary/aromatic N) is 1. The first-order valence-corrected chi connectivity index (χ1v) is 10.8. The molecule has 0 aliphatic heterocycles. The number of aryl methyl sites for hydroxylation is 1. The van der Waals surface area contributed by atoms with Crippen LogP contribution in [0.1, 0.15) is 29.0 Å². The fraction of sp³-hybridized carbons (Fsp3) is 0.364. The Balaban J connectivity index is 1.39. The van der Waals surface area contributed by atoms with Crippen LogP contribution in [0, 0.1) is 5.92 Å². The third-order valence-corrected chi connectivity index (χ3v) is 6.45. The van der Waals surface area contributed by atoms with Crippen LogP contribution in [0.15, 0.2) is 46.6 Å². The zero-order chi connectivity index (χ0) is 20.2. The average molecular weight is 412 g/mol. The molecule has 4 rings (SSSR count). The van der Waals surface area contributed by atoms with Crippen LogP contribution in [0.5, 0.6) is 5.75 Å². The molecule has 2 aromatic heterocycles. The molecule has 29 heavy (non-hydrogen) atoms. The normalized spacial score (nSPS) is 16.1. The van der Waals surface area contributed by atoms with Crippen LogP contribution in [0.3, 0.4) is 0 Å². The lowest BCUT2D eigenvalue weighted by molar-refractivity contribution is -0.125. The van der Waals surface area contributed by atoms with Gasteiger partial charge >= 0.3 is 0 Å². The van der Waals surface area contributed by atoms with Crippen molar-refractivity contribution in [3.05, 3.63) is 68.3 Å². The van der Waals surface area contributed by atoms with Gasteiger partial charge in [0.25, 0.3) is 5.56 Å². The van der Waals surface area contributed by atoms with Crippen molar-refractivity contribution in [1.82, 2.24) is 15.1 Å². The molecule has 0 spiro atoms. The second kappa shape index (κ2) is 8.69. The number of carbonyl (C=O) groups is 1. The summed E-state index contributed by atoms with van der Waals surface area (Å²) in [5, 5.41) is 8.36. The highest BCUT2D eigenvalue weighted by Gasteiger charge is 2.26. The maximum Gasteiger partial charge on any atom is 0.274 e. The molecule has 0 saturated heterocycles. The first-order valence-electron chi connectivity index (χ1n) is 9.93. The summed E-state index contributed by atoms with van der Waals surface area (Å²) < 4.78 is 6.77. The van der Waals surface area contributed by atoms with Gasteiger partial charge in [-0.3, -0.25) is 14.7 Å². The van der Waals surface area contributed by atoms with E-state index in [0.29, 0.717) is 25.8 Å². The first-order chi connectivity index (χ1) is 14.2. The second-order valence-electron chi connectivity index (χ2n) is 7.30. The molecule has 2 N–H and O–H groups in total. The van der Waals surface area contributed by atoms with Crippen molar-refractivity contribution in [3.8, 4) is 11.4 Å². The van der Waals surface area contributed by atoms with Crippen LogP contribution < -0.4 is 15.6 Å². The minimum absolute atomic E-state index is 0.0241. The first kappa shape index (κ1) is 19.5. The molecule has 1 amide bonds. The van der Waals surface area contributed by atoms with E-state index < -0.39 is 0 Å². The van der Waals surface area contributed by atoms with Crippen LogP contribution in [0.25, 0.3) is 5.69 Å². The van der Waals surface area contributed by atoms with Gasteiger partial charge in [-0.1, -0.05) is 6.07 Å². The fourth-order valence-electron chi connectivity index (χ4n) is 3.85. The van der Waals surface area contributed by atoms with E-state index in [1.54, 1.807) is 23.1 Å². The van der Waals surface area contributed by atoms with Crippen molar-refractivity contribution < 1.29 is 9.53 Å². The van der Waals surface area contributed by atoms with Gasteiger partial charge in [-0.2, -0.15) is 0 Å². The van der Waals surface area contributed by atoms with Gasteiger partial charge in [0.05, 0.1) is 12.8 Å². The highest BCUT2D eigenvalue weighted by Crippen LogP contribution is 2.23. The zero-order valence-electron chi connectivity index (χ0n) is 16.4. The number of thiophene rings is 1. The number of nitrogens with one attached hydrogen (secondary N) is 2. The molecule has 152 valence electrons. The molecule has 1 aliphatic carbocycles. The number of ether oxygens (including phenoxy) is 1. The predicted octanol–water partition coefficient (Wildman–Crippen LogP) is 3.09. The van der Waals surface area contributed by atoms with Gasteiger partial charge in [-0.05, 0) is 67.8 Å². The van der Waals surface area contributed by atoms with Crippen LogP contribution in [-0.2, 0) is 24.1 Å². The summed E-state index contributed by atoms with van der Waals surface area (Å²) in [5.41, 5.74) is 2.50. The molecule has 2 heterocycles. The number of hydrogen-bond donors (Lipinski definition) is 2. The molecule has 0 bridgehead atoms. The van der Waals surface area contributed by atoms with Crippen molar-refractivity contribution in [2.45, 2.75) is 32.1 Å². The van der Waals surface area contributed by atoms with E-state index in [0.717, 1.165) is 35.5 Å². The molecule has 3 aromatic rings. The van der Waals surface area contributed by atoms with E-state index in [2.05, 4.69) is 21.9 Å². The summed E-state index contributed by atoms with van der Waals surface area (Å²) >= 11 is 1.71. The minimum Gasteiger partial charge on any atom is -0.497 e. The molecule has 0 fully saturated rings. The summed E-state index contributed by atoms with van der Waals surface area (Å²) in [5.74, 6) is 0.804. The predicted molar refractivity (Wildman–Crippen MR) is 114 cm³/mol. The Hall–Kier alpha value is -2.80. The molecule has 0 radical (unpaired) electrons. The quantitative estimate of drug-likeness (QED) is 0.612. The van der Waals surface area contributed by atoms with Gasteiger partial charge in [0.1, 0.15) is 5.75 Å². The molecule has 7 heteroatoms. The van der Waals surface area contributed by atoms with Gasteiger partial charge in [-0.15, -0.1) is 11.3 Å². The van der Waals surface area contributed by atoms with E-state index >= 15 is 0 Å². The minimum atomic E-state index is -0.0482. The highest BCUT2D eigenvalue weighted by atomic mass is 32.1. The van der Waals surface area contributed by atoms with Crippen LogP contribution >= 0.6 is 11.3 Å². The Morgan fingerprint density at radius 2 is 2.03 bits per heavy atom. The van der Waals surface area contributed by atoms with Crippen molar-refractivity contribution in [1.29, 1.82) is 0 Å². The maximum absolute atomic E-state index is 12.9. The number of fused-ring (bicyclic) bond motifs is 1. The van der Waals surface area contributed by atoms with Crippen molar-refractivity contribution in [3.63, 3.8) is 0 Å². The standard InChI is InChI=1S/C22H25N3O3S/c1-28-17-8-6-16(7-9-17)25-22(27)19-10-4-15(5-11-20(19)24-25)21(26)23-13-12-18-3-2-14-29-18/h2-3,6-9,14-15,24H,4-5,10-13H2,1H3,(H,23,26). The largest absolute Gasteiger partial charge is 0.497 e. The molecule has 1 aromatic carbocycles. The Morgan fingerprint density at radius 1 is 1.24 bits per heavy atom. The summed E-state index contributed by atoms with van der Waals surface area (Å²) in [7, 11) is 1.62. The van der Waals surface area contributed by atoms with Crippen molar-refractivity contribution in [2.24, 2.45) is 5.92 Å². The van der Waals surface area contributed by atoms with E-state index in [-0.39, 0.29) is 17.4 Å². The van der Waals surface area contributed by atoms with E-state index in [1.807, 2.05) is 30.3 Å². The van der Waals surface area contributed by atoms with E-state index in [1.165, 1.54) is 4.88 Å². The van der Waals surface area contributed by atoms with Crippen LogP contribution in [-0.4, -0.2) is 29.3 Å². The number of amides is 1. The van der Waals surface area contributed by atoms with Crippen molar-refractivity contribution in [2.75, 3.05) is 13.7 Å². The Morgan fingerprint density at radius 3 is 2.76 bits per heavy atom. The monoisotopic (exact) mass is 411 g/mol. The number of methoxy groups -OCH3 is 1. The van der Waals surface area contributed by atoms with Crippen LogP contribution in [0.2, 0.25) is 0 Å². The molecule has 1 unspecified atom stereocenters. The SMILES string of the molecule is COc1ccc(-n2[nH]c3c(c2=O)CCC(C(=O)NCCc2cccs2)CC3)cc1. The fourth-order valence-corrected chi connectivity index (χ4v) is 4.56. The maximum atomic E-state index is 12.9. The topological polar surface area (TPSA) is 76.1 Å². The summed E-state index contributed by atoms with van der Waals surface area (Å²) in [6.45, 7) is 0.658. The summed E-state index contributed by atoms with van der Waals surface area (Å²) in [4.78, 5) is 26.8. The van der Waals surface area contributed by atoms with E-state index in [4.69, 9.17) is 4.74 Å². The van der Waals surface area contributed by atoms with Gasteiger partial charge < -0.3 is 10.1 Å². The molecule has 1 aliphatic rings. The number of carbonyl (C=O) groups excluding carboxylic acids is 1. The van der Waals surface area contributed by atoms with Gasteiger partial charge in [-0.25, -0.2) is 4.68 Å². The smallest absolute Gasteiger partial charge is 0.274 e. The average Bonchev–Trinajstić information content (AvgIpc) is 3.30. The van der Waals surface area contributed by atoms with E-state index in [9.17, 15) is 9.59 Å². The number of aromatic amines is 1. The summed E-state index contributed by atoms with van der Waals surface area (Å²) in [6.07, 6.45) is 3.64. The summed E-state index contributed by atoms with van der Waals surface area (Å²) in [6, 6.07) is 11.5. The van der Waals surface area contributed by atoms with Gasteiger partial charge in [0, 0.05) is 28.6 Å². The second-order valence-corrected chi connectivity index (χ2v) is 8.33. The van der Waals surface area contributed by atoms with Gasteiger partial charge in [0.15, 0.2) is 0 Å². The van der Waals surface area contributed by atoms with Crippen molar-refractivity contribution >= 4 is 17.2 Å². The zero-order valence-corrected chi connectivity index (χ0v) is 17.3. The lowest BCUT2D eigenvalue weighted by atomic mass is 9.99. The third kappa shape index (κ3) is 4.29. The highest BCUT2D eigenvalue weighted by molar-refractivity contribution is 7.09. The molecular formula is C22H25N3O3S. The number of H-pyrrole nitrogens is 1. The number of benzene rings is 1. The third-order valence-electron chi connectivity index (χ3n) is 5.51. The molecule has 0 saturated carbocycles.